The first kappa shape index (κ1) is 66.2. The third-order valence-corrected chi connectivity index (χ3v) is 25.3. The predicted octanol–water partition coefficient (Wildman–Crippen LogP) is 28.5. The Bertz CT molecular complexity index is 7290. The van der Waals surface area contributed by atoms with Crippen LogP contribution in [0.25, 0.3) is 169 Å². The number of fused-ring (bicyclic) bond motifs is 12. The Morgan fingerprint density at radius 2 is 0.583 bits per heavy atom. The average molecular weight is 1480 g/mol. The predicted molar refractivity (Wildman–Crippen MR) is 492 cm³/mol. The highest BCUT2D eigenvalue weighted by Crippen LogP contribution is 2.57. The smallest absolute Gasteiger partial charge is 0.252 e. The van der Waals surface area contributed by atoms with Crippen LogP contribution in [0.4, 0.5) is 34.1 Å². The number of thiophene rings is 1. The highest BCUT2D eigenvalue weighted by molar-refractivity contribution is 7.26. The quantitative estimate of drug-likeness (QED) is 0.0892. The van der Waals surface area contributed by atoms with Gasteiger partial charge >= 0.3 is 0 Å². The highest BCUT2D eigenvalue weighted by Gasteiger charge is 2.46. The topological polar surface area (TPSA) is 11.4 Å². The number of hydrogen-bond acceptors (Lipinski definition) is 3. The molecule has 0 bridgehead atoms. The van der Waals surface area contributed by atoms with Gasteiger partial charge in [0, 0.05) is 75.9 Å². The maximum Gasteiger partial charge on any atom is 0.252 e. The molecule has 0 aliphatic carbocycles. The molecule has 5 heteroatoms. The molecule has 2 aliphatic heterocycles. The zero-order valence-corrected chi connectivity index (χ0v) is 63.6. The molecular formula is C110H70BN3S. The summed E-state index contributed by atoms with van der Waals surface area (Å²) in [5.74, 6) is 0. The fourth-order valence-corrected chi connectivity index (χ4v) is 20.4. The van der Waals surface area contributed by atoms with Crippen molar-refractivity contribution in [3.05, 3.63) is 425 Å². The molecular weight excluding hydrogens is 1410 g/mol. The summed E-state index contributed by atoms with van der Waals surface area (Å²) in [7, 11) is 0. The number of hydrogen-bond donors (Lipinski definition) is 0. The van der Waals surface area contributed by atoms with Crippen LogP contribution in [-0.4, -0.2) is 11.3 Å². The van der Waals surface area contributed by atoms with E-state index in [4.69, 9.17) is 0 Å². The summed E-state index contributed by atoms with van der Waals surface area (Å²) in [5.41, 5.74) is 34.1. The Kier molecular flexibility index (Phi) is 15.6. The van der Waals surface area contributed by atoms with Gasteiger partial charge in [-0.05, 0) is 189 Å². The van der Waals surface area contributed by atoms with Crippen molar-refractivity contribution < 1.29 is 0 Å². The summed E-state index contributed by atoms with van der Waals surface area (Å²) < 4.78 is 5.12. The maximum absolute atomic E-state index is 2.73. The fourth-order valence-electron chi connectivity index (χ4n) is 19.2. The van der Waals surface area contributed by atoms with Crippen LogP contribution >= 0.6 is 11.3 Å². The van der Waals surface area contributed by atoms with Gasteiger partial charge in [0.05, 0.1) is 28.1 Å². The molecule has 0 saturated carbocycles. The number of anilines is 6. The van der Waals surface area contributed by atoms with E-state index in [0.29, 0.717) is 0 Å². The zero-order valence-electron chi connectivity index (χ0n) is 62.7. The highest BCUT2D eigenvalue weighted by atomic mass is 32.1. The van der Waals surface area contributed by atoms with Gasteiger partial charge in [-0.3, -0.25) is 0 Å². The monoisotopic (exact) mass is 1480 g/mol. The summed E-state index contributed by atoms with van der Waals surface area (Å²) >= 11 is 1.88. The lowest BCUT2D eigenvalue weighted by molar-refractivity contribution is 1.16. The molecule has 2 aliphatic rings. The van der Waals surface area contributed by atoms with Gasteiger partial charge in [0.2, 0.25) is 0 Å². The van der Waals surface area contributed by atoms with Gasteiger partial charge in [-0.15, -0.1) is 11.3 Å². The van der Waals surface area contributed by atoms with Crippen LogP contribution in [0, 0.1) is 0 Å². The second kappa shape index (κ2) is 27.1. The van der Waals surface area contributed by atoms with Gasteiger partial charge in [-0.25, -0.2) is 0 Å². The Morgan fingerprint density at radius 3 is 1.10 bits per heavy atom. The van der Waals surface area contributed by atoms with Crippen molar-refractivity contribution >= 4 is 132 Å². The lowest BCUT2D eigenvalue weighted by Gasteiger charge is -2.46. The summed E-state index contributed by atoms with van der Waals surface area (Å²) in [4.78, 5) is 5.43. The van der Waals surface area contributed by atoms with Crippen molar-refractivity contribution in [1.29, 1.82) is 0 Å². The second-order valence-electron chi connectivity index (χ2n) is 30.4. The summed E-state index contributed by atoms with van der Waals surface area (Å²) in [5, 5.41) is 9.78. The van der Waals surface area contributed by atoms with Crippen molar-refractivity contribution in [3.8, 4) is 106 Å². The lowest BCUT2D eigenvalue weighted by Crippen LogP contribution is -2.61. The van der Waals surface area contributed by atoms with Gasteiger partial charge in [0.25, 0.3) is 6.71 Å². The van der Waals surface area contributed by atoms with Crippen molar-refractivity contribution in [2.24, 2.45) is 0 Å². The van der Waals surface area contributed by atoms with Gasteiger partial charge in [-0.1, -0.05) is 352 Å². The van der Waals surface area contributed by atoms with Crippen molar-refractivity contribution in [3.63, 3.8) is 0 Å². The van der Waals surface area contributed by atoms with E-state index in [9.17, 15) is 0 Å². The molecule has 23 rings (SSSR count). The van der Waals surface area contributed by atoms with Crippen LogP contribution in [0.2, 0.25) is 0 Å². The molecule has 4 heterocycles. The largest absolute Gasteiger partial charge is 0.310 e. The first-order chi connectivity index (χ1) is 57.1. The molecule has 0 amide bonds. The minimum Gasteiger partial charge on any atom is -0.310 e. The summed E-state index contributed by atoms with van der Waals surface area (Å²) in [6, 6.07) is 160. The Balaban J connectivity index is 0.887. The molecule has 3 nitrogen and oxygen atoms in total. The molecule has 19 aromatic carbocycles. The first-order valence-electron chi connectivity index (χ1n) is 39.7. The first-order valence-corrected chi connectivity index (χ1v) is 40.5. The van der Waals surface area contributed by atoms with Gasteiger partial charge in [-0.2, -0.15) is 0 Å². The standard InChI is InChI=1S/C110H70BN3S/c1-7-33-71(34-8-1)80-64-92(73-37-11-3-12-38-73)108(93(65-80)74-39-13-4-14-40-74)114-101-68-79(106-89-52-21-19-50-87(89)105(76-43-17-6-18-44-76)88-51-20-22-53-90(88)106)61-62-97(101)111-96-56-26-29-59-100(96)113(102-69-82(70-103(114)107(102)111)112-98-57-27-23-47-84(98)85-48-24-28-58-99(85)112)109-94(75-41-15-5-16-42-75)66-81(72-35-9-2-10-36-72)67-95(109)78-46-31-45-77(63-78)83-54-32-55-91-86-49-25-30-60-104(86)115-110(83)91/h1-70H. The third-order valence-electron chi connectivity index (χ3n) is 24.1. The molecule has 115 heavy (non-hydrogen) atoms. The molecule has 21 aromatic rings. The van der Waals surface area contributed by atoms with E-state index in [1.54, 1.807) is 0 Å². The van der Waals surface area contributed by atoms with Crippen molar-refractivity contribution in [1.82, 2.24) is 4.57 Å². The maximum atomic E-state index is 2.73. The molecule has 0 N–H and O–H groups in total. The van der Waals surface area contributed by atoms with Crippen LogP contribution in [0.3, 0.4) is 0 Å². The number of nitrogens with zero attached hydrogens (tertiary/aromatic N) is 3. The van der Waals surface area contributed by atoms with E-state index < -0.39 is 0 Å². The van der Waals surface area contributed by atoms with Crippen molar-refractivity contribution in [2.75, 3.05) is 9.80 Å². The Hall–Kier alpha value is -14.6. The Morgan fingerprint density at radius 1 is 0.209 bits per heavy atom. The number of rotatable bonds is 12. The lowest BCUT2D eigenvalue weighted by atomic mass is 9.33. The second-order valence-corrected chi connectivity index (χ2v) is 31.5. The van der Waals surface area contributed by atoms with Crippen LogP contribution < -0.4 is 26.2 Å². The normalized spacial score (nSPS) is 12.3. The molecule has 0 radical (unpaired) electrons. The van der Waals surface area contributed by atoms with E-state index in [1.165, 1.54) is 96.7 Å². The van der Waals surface area contributed by atoms with Crippen molar-refractivity contribution in [2.45, 2.75) is 0 Å². The van der Waals surface area contributed by atoms with Gasteiger partial charge < -0.3 is 14.4 Å². The van der Waals surface area contributed by atoms with E-state index in [0.717, 1.165) is 123 Å². The van der Waals surface area contributed by atoms with Gasteiger partial charge in [0.15, 0.2) is 0 Å². The molecule has 0 fully saturated rings. The van der Waals surface area contributed by atoms with E-state index in [2.05, 4.69) is 439 Å². The Labute approximate surface area is 672 Å². The molecule has 0 atom stereocenters. The zero-order chi connectivity index (χ0) is 75.6. The van der Waals surface area contributed by atoms with Crippen LogP contribution in [-0.2, 0) is 0 Å². The molecule has 534 valence electrons. The summed E-state index contributed by atoms with van der Waals surface area (Å²) in [6.07, 6.45) is 0. The number of benzene rings is 19. The summed E-state index contributed by atoms with van der Waals surface area (Å²) in [6.45, 7) is -0.278. The van der Waals surface area contributed by atoms with Crippen LogP contribution in [0.5, 0.6) is 0 Å². The fraction of sp³-hybridized carbons (Fsp3) is 0. The van der Waals surface area contributed by atoms with E-state index in [1.807, 2.05) is 11.3 Å². The van der Waals surface area contributed by atoms with Crippen LogP contribution in [0.15, 0.2) is 425 Å². The molecule has 0 spiro atoms. The number of para-hydroxylation sites is 3. The third kappa shape index (κ3) is 10.7. The molecule has 0 unspecified atom stereocenters. The van der Waals surface area contributed by atoms with Gasteiger partial charge in [0.1, 0.15) is 0 Å². The minimum absolute atomic E-state index is 0.278. The molecule has 0 saturated heterocycles. The van der Waals surface area contributed by atoms with E-state index >= 15 is 0 Å². The van der Waals surface area contributed by atoms with E-state index in [-0.39, 0.29) is 6.71 Å². The SMILES string of the molecule is c1ccc(-c2cc(-c3ccccc3)c(N3c4ccccc4B4c5ccc(-c6c7ccccc7c(-c7ccccc7)c7ccccc67)cc5N(c5c(-c6ccccc6)cc(-c6ccccc6)cc5-c5ccccc5)c5cc(-n6c7ccccc7c7ccccc76)cc3c54)c(-c3cccc(-c4cccc5c4sc4ccccc45)c3)c2)cc1. The average Bonchev–Trinajstić information content (AvgIpc) is 1.06. The number of aromatic nitrogens is 1. The molecule has 2 aromatic heterocycles. The minimum atomic E-state index is -0.278. The van der Waals surface area contributed by atoms with Crippen LogP contribution in [0.1, 0.15) is 0 Å².